The van der Waals surface area contributed by atoms with Crippen molar-refractivity contribution < 1.29 is 27.2 Å². The number of benzene rings is 2. The molecule has 136 valence electrons. The van der Waals surface area contributed by atoms with Crippen molar-refractivity contribution in [3.05, 3.63) is 64.7 Å². The lowest BCUT2D eigenvalue weighted by atomic mass is 9.87. The molecular formula is C18H14F4N2O2. The summed E-state index contributed by atoms with van der Waals surface area (Å²) in [5.41, 5.74) is 0.357. The third kappa shape index (κ3) is 3.14. The highest BCUT2D eigenvalue weighted by Crippen LogP contribution is 2.32. The number of anilines is 1. The van der Waals surface area contributed by atoms with E-state index in [-0.39, 0.29) is 23.4 Å². The molecule has 2 N–H and O–H groups in total. The Morgan fingerprint density at radius 3 is 2.42 bits per heavy atom. The summed E-state index contributed by atoms with van der Waals surface area (Å²) < 4.78 is 53.8. The van der Waals surface area contributed by atoms with Crippen molar-refractivity contribution in [3.63, 3.8) is 0 Å². The topological polar surface area (TPSA) is 58.2 Å². The zero-order valence-electron chi connectivity index (χ0n) is 13.6. The first kappa shape index (κ1) is 17.9. The molecule has 4 nitrogen and oxygen atoms in total. The molecule has 0 spiro atoms. The average molecular weight is 366 g/mol. The van der Waals surface area contributed by atoms with Crippen LogP contribution in [0.1, 0.15) is 17.0 Å². The van der Waals surface area contributed by atoms with Gasteiger partial charge in [-0.2, -0.15) is 0 Å². The summed E-state index contributed by atoms with van der Waals surface area (Å²) >= 11 is 0. The minimum absolute atomic E-state index is 0.0177. The smallest absolute Gasteiger partial charge is 0.237 e. The van der Waals surface area contributed by atoms with Gasteiger partial charge < -0.3 is 10.6 Å². The van der Waals surface area contributed by atoms with Crippen LogP contribution in [-0.2, 0) is 9.59 Å². The van der Waals surface area contributed by atoms with Gasteiger partial charge in [0.25, 0.3) is 0 Å². The minimum Gasteiger partial charge on any atom is -0.355 e. The van der Waals surface area contributed by atoms with Crippen LogP contribution in [0.4, 0.5) is 23.2 Å². The number of carbonyl (C=O) groups is 2. The quantitative estimate of drug-likeness (QED) is 0.498. The second-order valence-electron chi connectivity index (χ2n) is 6.03. The molecule has 1 saturated heterocycles. The molecule has 0 unspecified atom stereocenters. The molecule has 8 heteroatoms. The number of nitrogens with one attached hydrogen (secondary N) is 2. The van der Waals surface area contributed by atoms with Gasteiger partial charge in [0.1, 0.15) is 11.7 Å². The van der Waals surface area contributed by atoms with Crippen LogP contribution >= 0.6 is 0 Å². The molecule has 1 aliphatic heterocycles. The largest absolute Gasteiger partial charge is 0.355 e. The molecule has 1 heterocycles. The van der Waals surface area contributed by atoms with E-state index in [4.69, 9.17) is 0 Å². The van der Waals surface area contributed by atoms with Crippen molar-refractivity contribution in [2.75, 3.05) is 11.9 Å². The van der Waals surface area contributed by atoms with Gasteiger partial charge in [-0.1, -0.05) is 6.07 Å². The Balaban J connectivity index is 1.90. The third-order valence-corrected chi connectivity index (χ3v) is 4.42. The highest BCUT2D eigenvalue weighted by molar-refractivity contribution is 6.08. The van der Waals surface area contributed by atoms with Gasteiger partial charge in [-0.3, -0.25) is 9.59 Å². The summed E-state index contributed by atoms with van der Waals surface area (Å²) in [6, 6.07) is 5.61. The fraction of sp³-hybridized carbons (Fsp3) is 0.222. The second kappa shape index (κ2) is 6.78. The maximum absolute atomic E-state index is 13.6. The van der Waals surface area contributed by atoms with Gasteiger partial charge in [0.15, 0.2) is 17.5 Å². The summed E-state index contributed by atoms with van der Waals surface area (Å²) in [6.45, 7) is 1.42. The lowest BCUT2D eigenvalue weighted by molar-refractivity contribution is -0.130. The van der Waals surface area contributed by atoms with Crippen LogP contribution in [0.25, 0.3) is 0 Å². The van der Waals surface area contributed by atoms with Crippen LogP contribution in [0.2, 0.25) is 0 Å². The lowest BCUT2D eigenvalue weighted by Crippen LogP contribution is -2.32. The average Bonchev–Trinajstić information content (AvgIpc) is 2.98. The summed E-state index contributed by atoms with van der Waals surface area (Å²) in [4.78, 5) is 24.6. The van der Waals surface area contributed by atoms with Crippen molar-refractivity contribution in [2.45, 2.75) is 12.8 Å². The third-order valence-electron chi connectivity index (χ3n) is 4.42. The molecule has 2 aromatic carbocycles. The highest BCUT2D eigenvalue weighted by Gasteiger charge is 2.41. The first-order chi connectivity index (χ1) is 12.3. The van der Waals surface area contributed by atoms with E-state index in [1.165, 1.54) is 25.1 Å². The molecule has 2 aromatic rings. The predicted octanol–water partition coefficient (Wildman–Crippen LogP) is 3.02. The first-order valence-corrected chi connectivity index (χ1v) is 7.77. The van der Waals surface area contributed by atoms with E-state index in [9.17, 15) is 27.2 Å². The second-order valence-corrected chi connectivity index (χ2v) is 6.03. The molecule has 0 bridgehead atoms. The molecule has 1 fully saturated rings. The van der Waals surface area contributed by atoms with Gasteiger partial charge in [0, 0.05) is 23.7 Å². The molecule has 0 radical (unpaired) electrons. The van der Waals surface area contributed by atoms with Gasteiger partial charge in [0.2, 0.25) is 11.8 Å². The molecule has 3 rings (SSSR count). The van der Waals surface area contributed by atoms with Crippen LogP contribution in [0.3, 0.4) is 0 Å². The summed E-state index contributed by atoms with van der Waals surface area (Å²) in [5.74, 6) is -8.52. The van der Waals surface area contributed by atoms with Crippen molar-refractivity contribution in [1.29, 1.82) is 0 Å². The van der Waals surface area contributed by atoms with Crippen LogP contribution in [0.15, 0.2) is 30.3 Å². The van der Waals surface area contributed by atoms with Crippen LogP contribution in [-0.4, -0.2) is 18.4 Å². The molecule has 2 atom stereocenters. The van der Waals surface area contributed by atoms with Crippen molar-refractivity contribution in [3.8, 4) is 0 Å². The Bertz CT molecular complexity index is 878. The normalized spacial score (nSPS) is 19.3. The SMILES string of the molecule is Cc1c(F)cccc1NC(=O)[C@H]1C(=O)NC[C@@H]1c1cc(F)c(F)c(F)c1. The van der Waals surface area contributed by atoms with E-state index in [2.05, 4.69) is 10.6 Å². The maximum Gasteiger partial charge on any atom is 0.237 e. The van der Waals surface area contributed by atoms with E-state index in [0.29, 0.717) is 0 Å². The Morgan fingerprint density at radius 1 is 1.12 bits per heavy atom. The zero-order chi connectivity index (χ0) is 19.0. The van der Waals surface area contributed by atoms with Crippen LogP contribution in [0.5, 0.6) is 0 Å². The van der Waals surface area contributed by atoms with Gasteiger partial charge in [-0.15, -0.1) is 0 Å². The lowest BCUT2D eigenvalue weighted by Gasteiger charge is -2.18. The molecule has 2 amide bonds. The Hall–Kier alpha value is -2.90. The molecule has 0 aliphatic carbocycles. The standard InChI is InChI=1S/C18H14F4N2O2/c1-8-11(19)3-2-4-14(8)24-18(26)15-10(7-23-17(15)25)9-5-12(20)16(22)13(21)6-9/h2-6,10,15H,7H2,1H3,(H,23,25)(H,24,26)/t10-,15-/m1/s1. The molecule has 1 aliphatic rings. The number of hydrogen-bond donors (Lipinski definition) is 2. The van der Waals surface area contributed by atoms with Crippen LogP contribution < -0.4 is 10.6 Å². The first-order valence-electron chi connectivity index (χ1n) is 7.77. The van der Waals surface area contributed by atoms with Gasteiger partial charge >= 0.3 is 0 Å². The number of hydrogen-bond acceptors (Lipinski definition) is 2. The number of carbonyl (C=O) groups excluding carboxylic acids is 2. The fourth-order valence-corrected chi connectivity index (χ4v) is 2.98. The van der Waals surface area contributed by atoms with E-state index in [0.717, 1.165) is 12.1 Å². The molecule has 0 saturated carbocycles. The molecular weight excluding hydrogens is 352 g/mol. The monoisotopic (exact) mass is 366 g/mol. The fourth-order valence-electron chi connectivity index (χ4n) is 2.98. The van der Waals surface area contributed by atoms with Crippen LogP contribution in [0, 0.1) is 36.1 Å². The van der Waals surface area contributed by atoms with Crippen molar-refractivity contribution in [1.82, 2.24) is 5.32 Å². The number of rotatable bonds is 3. The Labute approximate surface area is 146 Å². The van der Waals surface area contributed by atoms with E-state index >= 15 is 0 Å². The highest BCUT2D eigenvalue weighted by atomic mass is 19.2. The summed E-state index contributed by atoms with van der Waals surface area (Å²) in [5, 5.41) is 4.91. The van der Waals surface area contributed by atoms with Crippen molar-refractivity contribution in [2.24, 2.45) is 5.92 Å². The summed E-state index contributed by atoms with van der Waals surface area (Å²) in [7, 11) is 0. The summed E-state index contributed by atoms with van der Waals surface area (Å²) in [6.07, 6.45) is 0. The van der Waals surface area contributed by atoms with Crippen molar-refractivity contribution >= 4 is 17.5 Å². The van der Waals surface area contributed by atoms with E-state index in [1.54, 1.807) is 0 Å². The minimum atomic E-state index is -1.62. The molecule has 0 aromatic heterocycles. The van der Waals surface area contributed by atoms with Gasteiger partial charge in [-0.05, 0) is 36.8 Å². The number of halogens is 4. The zero-order valence-corrected chi connectivity index (χ0v) is 13.6. The van der Waals surface area contributed by atoms with Gasteiger partial charge in [-0.25, -0.2) is 17.6 Å². The Kier molecular flexibility index (Phi) is 4.67. The maximum atomic E-state index is 13.6. The predicted molar refractivity (Wildman–Crippen MR) is 85.3 cm³/mol. The van der Waals surface area contributed by atoms with E-state index in [1.807, 2.05) is 0 Å². The van der Waals surface area contributed by atoms with Gasteiger partial charge in [0.05, 0.1) is 0 Å². The number of amides is 2. The Morgan fingerprint density at radius 2 is 1.77 bits per heavy atom. The molecule has 26 heavy (non-hydrogen) atoms. The van der Waals surface area contributed by atoms with E-state index < -0.39 is 46.9 Å².